The van der Waals surface area contributed by atoms with Gasteiger partial charge in [0.05, 0.1) is 0 Å². The zero-order valence-electron chi connectivity index (χ0n) is 21.5. The van der Waals surface area contributed by atoms with Crippen molar-refractivity contribution in [2.75, 3.05) is 52.5 Å². The Morgan fingerprint density at radius 2 is 1.61 bits per heavy atom. The highest BCUT2D eigenvalue weighted by molar-refractivity contribution is 7.86. The fraction of sp³-hybridized carbons (Fsp3) is 0.880. The van der Waals surface area contributed by atoms with Crippen molar-refractivity contribution in [1.82, 2.24) is 23.7 Å². The molecule has 4 aliphatic rings. The van der Waals surface area contributed by atoms with Gasteiger partial charge in [0.2, 0.25) is 11.8 Å². The third kappa shape index (κ3) is 5.95. The molecule has 36 heavy (non-hydrogen) atoms. The molecule has 4 fully saturated rings. The van der Waals surface area contributed by atoms with Crippen molar-refractivity contribution in [3.63, 3.8) is 0 Å². The van der Waals surface area contributed by atoms with Crippen LogP contribution in [0.1, 0.15) is 75.9 Å². The third-order valence-corrected chi connectivity index (χ3v) is 10.6. The SMILES string of the molecule is CC1CCN(S(=O)(=O)N2CCC(C(=O)N3CCCC(Cc4nc(C5CCOCC5)no4)C3)CC2)CC1. The largest absolute Gasteiger partial charge is 0.381 e. The van der Waals surface area contributed by atoms with E-state index in [9.17, 15) is 13.2 Å². The van der Waals surface area contributed by atoms with Gasteiger partial charge in [-0.25, -0.2) is 0 Å². The van der Waals surface area contributed by atoms with E-state index < -0.39 is 10.2 Å². The summed E-state index contributed by atoms with van der Waals surface area (Å²) in [5, 5.41) is 4.22. The van der Waals surface area contributed by atoms with E-state index in [4.69, 9.17) is 9.26 Å². The molecule has 1 atom stereocenters. The van der Waals surface area contributed by atoms with Gasteiger partial charge < -0.3 is 14.2 Å². The minimum Gasteiger partial charge on any atom is -0.381 e. The predicted molar refractivity (Wildman–Crippen MR) is 133 cm³/mol. The maximum absolute atomic E-state index is 13.3. The number of ether oxygens (including phenoxy) is 1. The van der Waals surface area contributed by atoms with E-state index in [2.05, 4.69) is 17.1 Å². The lowest BCUT2D eigenvalue weighted by molar-refractivity contribution is -0.138. The van der Waals surface area contributed by atoms with Crippen molar-refractivity contribution in [3.05, 3.63) is 11.7 Å². The Bertz CT molecular complexity index is 979. The van der Waals surface area contributed by atoms with Crippen LogP contribution in [-0.4, -0.2) is 90.5 Å². The summed E-state index contributed by atoms with van der Waals surface area (Å²) < 4.78 is 40.4. The molecular formula is C25H41N5O5S. The van der Waals surface area contributed by atoms with Crippen molar-refractivity contribution in [2.24, 2.45) is 17.8 Å². The van der Waals surface area contributed by atoms with Crippen LogP contribution in [-0.2, 0) is 26.2 Å². The van der Waals surface area contributed by atoms with Crippen LogP contribution in [0.15, 0.2) is 4.52 Å². The number of rotatable bonds is 6. The predicted octanol–water partition coefficient (Wildman–Crippen LogP) is 2.43. The number of piperidine rings is 3. The lowest BCUT2D eigenvalue weighted by Gasteiger charge is -2.39. The summed E-state index contributed by atoms with van der Waals surface area (Å²) in [4.78, 5) is 20.0. The Balaban J connectivity index is 1.11. The maximum Gasteiger partial charge on any atom is 0.281 e. The van der Waals surface area contributed by atoms with Crippen LogP contribution in [0.4, 0.5) is 0 Å². The Morgan fingerprint density at radius 1 is 0.944 bits per heavy atom. The number of hydrogen-bond donors (Lipinski definition) is 0. The fourth-order valence-corrected chi connectivity index (χ4v) is 7.79. The van der Waals surface area contributed by atoms with Crippen molar-refractivity contribution >= 4 is 16.1 Å². The lowest BCUT2D eigenvalue weighted by atomic mass is 9.91. The number of aromatic nitrogens is 2. The molecule has 4 aliphatic heterocycles. The smallest absolute Gasteiger partial charge is 0.281 e. The van der Waals surface area contributed by atoms with E-state index in [0.29, 0.717) is 75.6 Å². The molecule has 202 valence electrons. The second-order valence-corrected chi connectivity index (χ2v) is 13.1. The van der Waals surface area contributed by atoms with Crippen LogP contribution >= 0.6 is 0 Å². The zero-order chi connectivity index (χ0) is 25.1. The first-order valence-corrected chi connectivity index (χ1v) is 15.2. The summed E-state index contributed by atoms with van der Waals surface area (Å²) in [5.74, 6) is 2.75. The van der Waals surface area contributed by atoms with Gasteiger partial charge in [-0.15, -0.1) is 0 Å². The topological polar surface area (TPSA) is 109 Å². The second-order valence-electron chi connectivity index (χ2n) is 11.2. The highest BCUT2D eigenvalue weighted by Gasteiger charge is 2.38. The highest BCUT2D eigenvalue weighted by Crippen LogP contribution is 2.29. The molecule has 0 aromatic carbocycles. The average Bonchev–Trinajstić information content (AvgIpc) is 3.38. The Kier molecular flexibility index (Phi) is 8.29. The van der Waals surface area contributed by atoms with Crippen LogP contribution in [0.3, 0.4) is 0 Å². The molecule has 0 bridgehead atoms. The van der Waals surface area contributed by atoms with E-state index in [1.165, 1.54) is 0 Å². The number of carbonyl (C=O) groups excluding carboxylic acids is 1. The summed E-state index contributed by atoms with van der Waals surface area (Å²) in [6, 6.07) is 0. The molecule has 1 aromatic heterocycles. The molecule has 0 radical (unpaired) electrons. The van der Waals surface area contributed by atoms with Crippen LogP contribution in [0.5, 0.6) is 0 Å². The molecule has 5 rings (SSSR count). The van der Waals surface area contributed by atoms with Gasteiger partial charge in [0, 0.05) is 70.7 Å². The van der Waals surface area contributed by atoms with E-state index in [-0.39, 0.29) is 11.8 Å². The van der Waals surface area contributed by atoms with Crippen molar-refractivity contribution in [3.8, 4) is 0 Å². The normalized spacial score (nSPS) is 26.9. The molecule has 10 nitrogen and oxygen atoms in total. The van der Waals surface area contributed by atoms with Gasteiger partial charge in [0.1, 0.15) is 0 Å². The molecular weight excluding hydrogens is 482 g/mol. The van der Waals surface area contributed by atoms with E-state index >= 15 is 0 Å². The van der Waals surface area contributed by atoms with Gasteiger partial charge in [0.15, 0.2) is 5.82 Å². The summed E-state index contributed by atoms with van der Waals surface area (Å²) in [6.45, 7) is 7.22. The number of likely N-dealkylation sites (tertiary alicyclic amines) is 1. The molecule has 5 heterocycles. The van der Waals surface area contributed by atoms with Crippen molar-refractivity contribution in [1.29, 1.82) is 0 Å². The number of hydrogen-bond acceptors (Lipinski definition) is 7. The van der Waals surface area contributed by atoms with E-state index in [0.717, 1.165) is 64.1 Å². The first kappa shape index (κ1) is 26.1. The Morgan fingerprint density at radius 3 is 2.31 bits per heavy atom. The van der Waals surface area contributed by atoms with E-state index in [1.807, 2.05) is 4.90 Å². The van der Waals surface area contributed by atoms with Gasteiger partial charge in [-0.2, -0.15) is 22.0 Å². The summed E-state index contributed by atoms with van der Waals surface area (Å²) in [5.41, 5.74) is 0. The summed E-state index contributed by atoms with van der Waals surface area (Å²) in [6.07, 6.45) is 7.62. The minimum atomic E-state index is -3.42. The van der Waals surface area contributed by atoms with Gasteiger partial charge in [-0.05, 0) is 63.2 Å². The molecule has 0 aliphatic carbocycles. The monoisotopic (exact) mass is 523 g/mol. The second kappa shape index (κ2) is 11.4. The Hall–Kier alpha value is -1.56. The molecule has 4 saturated heterocycles. The van der Waals surface area contributed by atoms with Crippen LogP contribution in [0, 0.1) is 17.8 Å². The number of nitrogens with zero attached hydrogens (tertiary/aromatic N) is 5. The van der Waals surface area contributed by atoms with Crippen LogP contribution in [0.2, 0.25) is 0 Å². The first-order valence-electron chi connectivity index (χ1n) is 13.8. The van der Waals surface area contributed by atoms with Gasteiger partial charge >= 0.3 is 0 Å². The fourth-order valence-electron chi connectivity index (χ4n) is 6.12. The molecule has 0 saturated carbocycles. The molecule has 1 aromatic rings. The van der Waals surface area contributed by atoms with Crippen molar-refractivity contribution in [2.45, 2.75) is 70.6 Å². The van der Waals surface area contributed by atoms with E-state index in [1.54, 1.807) is 8.61 Å². The van der Waals surface area contributed by atoms with Crippen LogP contribution in [0.25, 0.3) is 0 Å². The van der Waals surface area contributed by atoms with Gasteiger partial charge in [0.25, 0.3) is 10.2 Å². The van der Waals surface area contributed by atoms with Gasteiger partial charge in [-0.1, -0.05) is 12.1 Å². The van der Waals surface area contributed by atoms with Crippen LogP contribution < -0.4 is 0 Å². The van der Waals surface area contributed by atoms with Crippen molar-refractivity contribution < 1.29 is 22.5 Å². The summed E-state index contributed by atoms with van der Waals surface area (Å²) in [7, 11) is -3.42. The van der Waals surface area contributed by atoms with Gasteiger partial charge in [-0.3, -0.25) is 4.79 Å². The third-order valence-electron chi connectivity index (χ3n) is 8.56. The highest BCUT2D eigenvalue weighted by atomic mass is 32.2. The molecule has 1 amide bonds. The lowest BCUT2D eigenvalue weighted by Crippen LogP contribution is -2.51. The number of carbonyl (C=O) groups is 1. The number of amides is 1. The standard InChI is InChI=1S/C25H41N5O5S/c1-19-4-11-29(12-5-19)36(32,33)30-13-6-22(7-14-30)25(31)28-10-2-3-20(18-28)17-23-26-24(27-35-23)21-8-15-34-16-9-21/h19-22H,2-18H2,1H3. The molecule has 0 spiro atoms. The maximum atomic E-state index is 13.3. The first-order chi connectivity index (χ1) is 17.4. The quantitative estimate of drug-likeness (QED) is 0.563. The minimum absolute atomic E-state index is 0.0971. The average molecular weight is 524 g/mol. The molecule has 0 N–H and O–H groups in total. The molecule has 1 unspecified atom stereocenters. The molecule has 11 heteroatoms. The summed E-state index contributed by atoms with van der Waals surface area (Å²) >= 11 is 0. The Labute approximate surface area is 214 Å². The zero-order valence-corrected chi connectivity index (χ0v) is 22.3.